The van der Waals surface area contributed by atoms with Crippen LogP contribution >= 0.6 is 23.2 Å². The molecule has 0 atom stereocenters. The number of carbonyl (C=O) groups is 1. The van der Waals surface area contributed by atoms with Gasteiger partial charge in [0, 0.05) is 23.0 Å². The minimum absolute atomic E-state index is 0.0769. The Balaban J connectivity index is 1.81. The SMILES string of the molecule is Cc1ccc(S(=O)(=O)CCC(=O)NCCc2cc(Cl)cc(Cl)c2)cc1. The summed E-state index contributed by atoms with van der Waals surface area (Å²) in [6.07, 6.45) is 0.489. The largest absolute Gasteiger partial charge is 0.356 e. The van der Waals surface area contributed by atoms with Crippen LogP contribution in [-0.4, -0.2) is 26.6 Å². The van der Waals surface area contributed by atoms with Crippen molar-refractivity contribution in [2.45, 2.75) is 24.7 Å². The first-order valence-corrected chi connectivity index (χ1v) is 10.2. The van der Waals surface area contributed by atoms with Crippen molar-refractivity contribution in [3.05, 3.63) is 63.6 Å². The van der Waals surface area contributed by atoms with E-state index in [2.05, 4.69) is 5.32 Å². The van der Waals surface area contributed by atoms with Crippen molar-refractivity contribution < 1.29 is 13.2 Å². The number of aryl methyl sites for hydroxylation is 1. The number of hydrogen-bond acceptors (Lipinski definition) is 3. The molecule has 0 aromatic heterocycles. The van der Waals surface area contributed by atoms with Crippen LogP contribution in [0.5, 0.6) is 0 Å². The highest BCUT2D eigenvalue weighted by atomic mass is 35.5. The first-order chi connectivity index (χ1) is 11.8. The quantitative estimate of drug-likeness (QED) is 0.769. The van der Waals surface area contributed by atoms with Crippen molar-refractivity contribution in [2.75, 3.05) is 12.3 Å². The number of benzene rings is 2. The molecule has 7 heteroatoms. The molecule has 1 amide bonds. The van der Waals surface area contributed by atoms with E-state index in [0.717, 1.165) is 11.1 Å². The van der Waals surface area contributed by atoms with Gasteiger partial charge in [-0.05, 0) is 49.2 Å². The van der Waals surface area contributed by atoms with E-state index in [-0.39, 0.29) is 23.0 Å². The smallest absolute Gasteiger partial charge is 0.221 e. The maximum atomic E-state index is 12.2. The van der Waals surface area contributed by atoms with Gasteiger partial charge in [0.25, 0.3) is 0 Å². The van der Waals surface area contributed by atoms with Gasteiger partial charge in [0.15, 0.2) is 9.84 Å². The zero-order valence-electron chi connectivity index (χ0n) is 13.8. The van der Waals surface area contributed by atoms with Crippen LogP contribution < -0.4 is 5.32 Å². The van der Waals surface area contributed by atoms with E-state index in [0.29, 0.717) is 23.0 Å². The second kappa shape index (κ2) is 8.70. The Hall–Kier alpha value is -1.56. The normalized spacial score (nSPS) is 11.3. The Labute approximate surface area is 158 Å². The van der Waals surface area contributed by atoms with E-state index in [1.165, 1.54) is 0 Å². The first-order valence-electron chi connectivity index (χ1n) is 7.77. The third-order valence-electron chi connectivity index (χ3n) is 3.64. The molecule has 0 fully saturated rings. The summed E-state index contributed by atoms with van der Waals surface area (Å²) in [5.74, 6) is -0.519. The summed E-state index contributed by atoms with van der Waals surface area (Å²) in [6, 6.07) is 11.8. The highest BCUT2D eigenvalue weighted by Crippen LogP contribution is 2.19. The van der Waals surface area contributed by atoms with Gasteiger partial charge in [0.1, 0.15) is 0 Å². The summed E-state index contributed by atoms with van der Waals surface area (Å²) in [5.41, 5.74) is 1.89. The van der Waals surface area contributed by atoms with E-state index >= 15 is 0 Å². The fraction of sp³-hybridized carbons (Fsp3) is 0.278. The Bertz CT molecular complexity index is 829. The molecule has 2 aromatic carbocycles. The molecule has 0 aliphatic rings. The lowest BCUT2D eigenvalue weighted by Gasteiger charge is -2.07. The van der Waals surface area contributed by atoms with E-state index in [9.17, 15) is 13.2 Å². The molecule has 4 nitrogen and oxygen atoms in total. The van der Waals surface area contributed by atoms with Gasteiger partial charge in [-0.25, -0.2) is 8.42 Å². The number of carbonyl (C=O) groups excluding carboxylic acids is 1. The van der Waals surface area contributed by atoms with Crippen molar-refractivity contribution >= 4 is 38.9 Å². The van der Waals surface area contributed by atoms with Crippen LogP contribution in [0.25, 0.3) is 0 Å². The summed E-state index contributed by atoms with van der Waals surface area (Å²) in [7, 11) is -3.46. The van der Waals surface area contributed by atoms with E-state index in [4.69, 9.17) is 23.2 Å². The Morgan fingerprint density at radius 1 is 1.04 bits per heavy atom. The van der Waals surface area contributed by atoms with Crippen LogP contribution in [0.15, 0.2) is 47.4 Å². The Kier molecular flexibility index (Phi) is 6.87. The van der Waals surface area contributed by atoms with Gasteiger partial charge in [-0.2, -0.15) is 0 Å². The highest BCUT2D eigenvalue weighted by molar-refractivity contribution is 7.91. The van der Waals surface area contributed by atoms with Gasteiger partial charge in [-0.1, -0.05) is 40.9 Å². The van der Waals surface area contributed by atoms with Gasteiger partial charge < -0.3 is 5.32 Å². The number of halogens is 2. The molecule has 2 aromatic rings. The van der Waals surface area contributed by atoms with Crippen LogP contribution in [0.2, 0.25) is 10.0 Å². The summed E-state index contributed by atoms with van der Waals surface area (Å²) >= 11 is 11.8. The van der Waals surface area contributed by atoms with Gasteiger partial charge in [0.05, 0.1) is 10.6 Å². The fourth-order valence-electron chi connectivity index (χ4n) is 2.28. The number of sulfone groups is 1. The lowest BCUT2D eigenvalue weighted by Crippen LogP contribution is -2.27. The molecule has 0 bridgehead atoms. The predicted molar refractivity (Wildman–Crippen MR) is 101 cm³/mol. The van der Waals surface area contributed by atoms with Gasteiger partial charge in [-0.3, -0.25) is 4.79 Å². The minimum atomic E-state index is -3.46. The molecule has 0 unspecified atom stereocenters. The predicted octanol–water partition coefficient (Wildman–Crippen LogP) is 3.82. The third kappa shape index (κ3) is 6.34. The van der Waals surface area contributed by atoms with Crippen molar-refractivity contribution in [1.29, 1.82) is 0 Å². The summed E-state index contributed by atoms with van der Waals surface area (Å²) in [6.45, 7) is 2.27. The van der Waals surface area contributed by atoms with Gasteiger partial charge >= 0.3 is 0 Å². The molecule has 0 heterocycles. The Morgan fingerprint density at radius 2 is 1.64 bits per heavy atom. The molecule has 134 valence electrons. The van der Waals surface area contributed by atoms with Gasteiger partial charge in [-0.15, -0.1) is 0 Å². The molecule has 0 aliphatic heterocycles. The fourth-order valence-corrected chi connectivity index (χ4v) is 4.09. The first kappa shape index (κ1) is 19.8. The molecule has 0 aliphatic carbocycles. The van der Waals surface area contributed by atoms with Crippen molar-refractivity contribution in [2.24, 2.45) is 0 Å². The number of rotatable bonds is 7. The van der Waals surface area contributed by atoms with E-state index in [1.807, 2.05) is 6.92 Å². The lowest BCUT2D eigenvalue weighted by atomic mass is 10.1. The molecule has 1 N–H and O–H groups in total. The molecule has 0 radical (unpaired) electrons. The van der Waals surface area contributed by atoms with Crippen molar-refractivity contribution in [3.8, 4) is 0 Å². The monoisotopic (exact) mass is 399 g/mol. The molecule has 0 saturated heterocycles. The minimum Gasteiger partial charge on any atom is -0.356 e. The van der Waals surface area contributed by atoms with Crippen molar-refractivity contribution in [1.82, 2.24) is 5.32 Å². The summed E-state index contributed by atoms with van der Waals surface area (Å²) < 4.78 is 24.4. The molecular weight excluding hydrogens is 381 g/mol. The van der Waals surface area contributed by atoms with Gasteiger partial charge in [0.2, 0.25) is 5.91 Å². The zero-order chi connectivity index (χ0) is 18.4. The second-order valence-electron chi connectivity index (χ2n) is 5.76. The maximum Gasteiger partial charge on any atom is 0.221 e. The Morgan fingerprint density at radius 3 is 2.24 bits per heavy atom. The van der Waals surface area contributed by atoms with Crippen LogP contribution in [0.1, 0.15) is 17.5 Å². The average Bonchev–Trinajstić information content (AvgIpc) is 2.52. The van der Waals surface area contributed by atoms with Crippen LogP contribution in [0, 0.1) is 6.92 Å². The summed E-state index contributed by atoms with van der Waals surface area (Å²) in [4.78, 5) is 12.1. The number of hydrogen-bond donors (Lipinski definition) is 1. The molecule has 25 heavy (non-hydrogen) atoms. The van der Waals surface area contributed by atoms with Crippen LogP contribution in [0.4, 0.5) is 0 Å². The number of amides is 1. The molecular formula is C18H19Cl2NO3S. The average molecular weight is 400 g/mol. The standard InChI is InChI=1S/C18H19Cl2NO3S/c1-13-2-4-17(5-3-13)25(23,24)9-7-18(22)21-8-6-14-10-15(19)12-16(20)11-14/h2-5,10-12H,6-9H2,1H3,(H,21,22). The molecule has 2 rings (SSSR count). The lowest BCUT2D eigenvalue weighted by molar-refractivity contribution is -0.120. The van der Waals surface area contributed by atoms with Crippen LogP contribution in [-0.2, 0) is 21.1 Å². The highest BCUT2D eigenvalue weighted by Gasteiger charge is 2.16. The summed E-state index contributed by atoms with van der Waals surface area (Å²) in [5, 5.41) is 3.79. The van der Waals surface area contributed by atoms with E-state index < -0.39 is 9.84 Å². The topological polar surface area (TPSA) is 63.2 Å². The zero-order valence-corrected chi connectivity index (χ0v) is 16.1. The van der Waals surface area contributed by atoms with Crippen LogP contribution in [0.3, 0.4) is 0 Å². The second-order valence-corrected chi connectivity index (χ2v) is 8.74. The maximum absolute atomic E-state index is 12.2. The number of nitrogens with one attached hydrogen (secondary N) is 1. The molecule has 0 saturated carbocycles. The van der Waals surface area contributed by atoms with Crippen molar-refractivity contribution in [3.63, 3.8) is 0 Å². The molecule has 0 spiro atoms. The third-order valence-corrected chi connectivity index (χ3v) is 5.80. The van der Waals surface area contributed by atoms with E-state index in [1.54, 1.807) is 42.5 Å².